The Morgan fingerprint density at radius 1 is 0.844 bits per heavy atom. The summed E-state index contributed by atoms with van der Waals surface area (Å²) in [5.74, 6) is 1.27. The molecule has 6 fully saturated rings. The van der Waals surface area contributed by atoms with Gasteiger partial charge in [-0.15, -0.1) is 0 Å². The van der Waals surface area contributed by atoms with Gasteiger partial charge in [-0.3, -0.25) is 0 Å². The van der Waals surface area contributed by atoms with E-state index in [0.29, 0.717) is 29.6 Å². The number of hydrogen-bond acceptors (Lipinski definition) is 5. The highest BCUT2D eigenvalue weighted by Crippen LogP contribution is 2.70. The zero-order valence-corrected chi connectivity index (χ0v) is 20.6. The molecule has 4 aliphatic carbocycles. The summed E-state index contributed by atoms with van der Waals surface area (Å²) in [4.78, 5) is 0. The Morgan fingerprint density at radius 2 is 1.59 bits per heavy atom. The van der Waals surface area contributed by atoms with Crippen LogP contribution in [-0.2, 0) is 9.47 Å². The number of hydrogen-bond donors (Lipinski definition) is 3. The lowest BCUT2D eigenvalue weighted by atomic mass is 9.43. The van der Waals surface area contributed by atoms with Crippen molar-refractivity contribution in [3.05, 3.63) is 0 Å². The summed E-state index contributed by atoms with van der Waals surface area (Å²) in [6.45, 7) is 11.1. The Hall–Kier alpha value is -0.200. The smallest absolute Gasteiger partial charge is 0.196 e. The van der Waals surface area contributed by atoms with E-state index >= 15 is 0 Å². The maximum absolute atomic E-state index is 11.7. The second-order valence-corrected chi connectivity index (χ2v) is 13.8. The van der Waals surface area contributed by atoms with Crippen LogP contribution in [-0.4, -0.2) is 51.1 Å². The fourth-order valence-corrected chi connectivity index (χ4v) is 10.2. The summed E-state index contributed by atoms with van der Waals surface area (Å²) in [5, 5.41) is 33.6. The van der Waals surface area contributed by atoms with E-state index in [1.165, 1.54) is 0 Å². The molecule has 4 saturated carbocycles. The molecule has 5 nitrogen and oxygen atoms in total. The van der Waals surface area contributed by atoms with Crippen molar-refractivity contribution in [3.8, 4) is 0 Å². The molecule has 0 aromatic rings. The van der Waals surface area contributed by atoms with Crippen molar-refractivity contribution >= 4 is 0 Å². The van der Waals surface area contributed by atoms with Gasteiger partial charge in [0.05, 0.1) is 23.9 Å². The van der Waals surface area contributed by atoms with Gasteiger partial charge in [0.25, 0.3) is 0 Å². The Kier molecular flexibility index (Phi) is 4.68. The van der Waals surface area contributed by atoms with Crippen LogP contribution in [0.4, 0.5) is 0 Å². The monoisotopic (exact) mass is 448 g/mol. The van der Waals surface area contributed by atoms with Gasteiger partial charge in [0.1, 0.15) is 6.10 Å². The number of rotatable bonds is 0. The van der Waals surface area contributed by atoms with Crippen LogP contribution in [0.25, 0.3) is 0 Å². The molecule has 13 atom stereocenters. The summed E-state index contributed by atoms with van der Waals surface area (Å²) in [7, 11) is 0. The number of aliphatic hydroxyl groups is 3. The lowest BCUT2D eigenvalue weighted by Gasteiger charge is -2.62. The Morgan fingerprint density at radius 3 is 2.28 bits per heavy atom. The van der Waals surface area contributed by atoms with E-state index in [-0.39, 0.29) is 40.7 Å². The molecule has 3 N–H and O–H groups in total. The van der Waals surface area contributed by atoms with Crippen molar-refractivity contribution in [1.82, 2.24) is 0 Å². The molecule has 2 saturated heterocycles. The van der Waals surface area contributed by atoms with E-state index in [1.54, 1.807) is 0 Å². The molecule has 2 aliphatic heterocycles. The largest absolute Gasteiger partial charge is 0.393 e. The minimum atomic E-state index is -0.878. The molecule has 6 aliphatic rings. The third-order valence-corrected chi connectivity index (χ3v) is 12.0. The van der Waals surface area contributed by atoms with Gasteiger partial charge in [-0.1, -0.05) is 20.8 Å². The van der Waals surface area contributed by atoms with Gasteiger partial charge < -0.3 is 24.8 Å². The summed E-state index contributed by atoms with van der Waals surface area (Å²) in [6.07, 6.45) is 6.43. The van der Waals surface area contributed by atoms with E-state index < -0.39 is 11.9 Å². The van der Waals surface area contributed by atoms with Gasteiger partial charge >= 0.3 is 0 Å². The molecule has 5 heteroatoms. The molecular formula is C27H44O5. The first-order chi connectivity index (χ1) is 14.9. The molecule has 0 aromatic heterocycles. The van der Waals surface area contributed by atoms with E-state index in [0.717, 1.165) is 51.4 Å². The van der Waals surface area contributed by atoms with Gasteiger partial charge in [-0.05, 0) is 99.2 Å². The number of fused-ring (bicyclic) bond motifs is 7. The highest BCUT2D eigenvalue weighted by Gasteiger charge is 2.73. The molecule has 2 heterocycles. The van der Waals surface area contributed by atoms with Crippen molar-refractivity contribution in [3.63, 3.8) is 0 Å². The predicted octanol–water partition coefficient (Wildman–Crippen LogP) is 3.88. The highest BCUT2D eigenvalue weighted by molar-refractivity contribution is 5.18. The molecule has 0 bridgehead atoms. The van der Waals surface area contributed by atoms with Crippen molar-refractivity contribution in [2.45, 2.75) is 122 Å². The fourth-order valence-electron chi connectivity index (χ4n) is 10.2. The van der Waals surface area contributed by atoms with Crippen LogP contribution in [0.5, 0.6) is 0 Å². The highest BCUT2D eigenvalue weighted by atomic mass is 16.7. The molecule has 0 unspecified atom stereocenters. The maximum Gasteiger partial charge on any atom is 0.196 e. The average molecular weight is 449 g/mol. The van der Waals surface area contributed by atoms with Gasteiger partial charge in [-0.25, -0.2) is 0 Å². The van der Waals surface area contributed by atoms with E-state index in [1.807, 2.05) is 0 Å². The lowest BCUT2D eigenvalue weighted by Crippen LogP contribution is -2.60. The minimum Gasteiger partial charge on any atom is -0.393 e. The molecule has 0 amide bonds. The Bertz CT molecular complexity index is 784. The first-order valence-corrected chi connectivity index (χ1v) is 13.3. The first-order valence-electron chi connectivity index (χ1n) is 13.3. The third-order valence-electron chi connectivity index (χ3n) is 12.0. The van der Waals surface area contributed by atoms with E-state index in [2.05, 4.69) is 34.6 Å². The van der Waals surface area contributed by atoms with Gasteiger partial charge in [0.15, 0.2) is 5.79 Å². The molecule has 32 heavy (non-hydrogen) atoms. The van der Waals surface area contributed by atoms with Crippen LogP contribution in [0.15, 0.2) is 0 Å². The van der Waals surface area contributed by atoms with Crippen molar-refractivity contribution in [2.24, 2.45) is 46.3 Å². The zero-order valence-electron chi connectivity index (χ0n) is 20.6. The molecule has 182 valence electrons. The lowest BCUT2D eigenvalue weighted by molar-refractivity contribution is -0.271. The van der Waals surface area contributed by atoms with Crippen molar-refractivity contribution in [1.29, 1.82) is 0 Å². The normalized spacial score (nSPS) is 63.0. The standard InChI is InChI=1S/C27H44O5/c1-14-12-27(32-24(14,2)3)23(30)22-20(31-27)11-18-17-7-6-15-10-16(28)8-9-25(15,4)21(17)19(29)13-26(18,22)5/h14-23,28-30H,6-13H2,1-5H3/t14-,15-,16+,17-,18-,19-,20-,21+,22+,23+,25-,26-,27+/m0/s1. The van der Waals surface area contributed by atoms with E-state index in [4.69, 9.17) is 9.47 Å². The van der Waals surface area contributed by atoms with Crippen LogP contribution in [0, 0.1) is 46.3 Å². The van der Waals surface area contributed by atoms with Crippen LogP contribution >= 0.6 is 0 Å². The summed E-state index contributed by atoms with van der Waals surface area (Å²) in [5.41, 5.74) is -0.296. The van der Waals surface area contributed by atoms with Crippen LogP contribution in [0.2, 0.25) is 0 Å². The average Bonchev–Trinajstić information content (AvgIpc) is 3.21. The van der Waals surface area contributed by atoms with Crippen molar-refractivity contribution < 1.29 is 24.8 Å². The van der Waals surface area contributed by atoms with E-state index in [9.17, 15) is 15.3 Å². The first kappa shape index (κ1) is 22.3. The molecule has 0 aromatic carbocycles. The molecule has 6 rings (SSSR count). The Balaban J connectivity index is 1.30. The SMILES string of the molecule is C[C@H]1C[C@@]2(O[C@H]3C[C@H]4[C@@H]5CC[C@H]6C[C@H](O)CC[C@]6(C)[C@H]5[C@@H](O)C[C@]4(C)[C@H]3[C@H]2O)OC1(C)C. The summed E-state index contributed by atoms with van der Waals surface area (Å²) >= 11 is 0. The van der Waals surface area contributed by atoms with Gasteiger partial charge in [0, 0.05) is 12.3 Å². The van der Waals surface area contributed by atoms with Crippen LogP contribution < -0.4 is 0 Å². The fraction of sp³-hybridized carbons (Fsp3) is 1.00. The summed E-state index contributed by atoms with van der Waals surface area (Å²) in [6, 6.07) is 0. The number of ether oxygens (including phenoxy) is 2. The molecular weight excluding hydrogens is 404 g/mol. The second kappa shape index (κ2) is 6.72. The zero-order chi connectivity index (χ0) is 22.8. The van der Waals surface area contributed by atoms with Crippen molar-refractivity contribution in [2.75, 3.05) is 0 Å². The van der Waals surface area contributed by atoms with Gasteiger partial charge in [-0.2, -0.15) is 0 Å². The molecule has 0 radical (unpaired) electrons. The molecule has 1 spiro atoms. The number of aliphatic hydroxyl groups excluding tert-OH is 3. The quantitative estimate of drug-likeness (QED) is 0.524. The maximum atomic E-state index is 11.7. The summed E-state index contributed by atoms with van der Waals surface area (Å²) < 4.78 is 13.1. The second-order valence-electron chi connectivity index (χ2n) is 13.8. The van der Waals surface area contributed by atoms with Crippen LogP contribution in [0.3, 0.4) is 0 Å². The topological polar surface area (TPSA) is 79.2 Å². The predicted molar refractivity (Wildman–Crippen MR) is 121 cm³/mol. The van der Waals surface area contributed by atoms with Gasteiger partial charge in [0.2, 0.25) is 0 Å². The minimum absolute atomic E-state index is 0.0192. The Labute approximate surface area is 193 Å². The van der Waals surface area contributed by atoms with Crippen LogP contribution in [0.1, 0.15) is 86.0 Å². The third kappa shape index (κ3) is 2.69.